The summed E-state index contributed by atoms with van der Waals surface area (Å²) in [5.41, 5.74) is 2.07. The fourth-order valence-electron chi connectivity index (χ4n) is 2.63. The molecule has 3 rings (SSSR count). The van der Waals surface area contributed by atoms with E-state index in [-0.39, 0.29) is 11.3 Å². The number of hydrogen-bond donors (Lipinski definition) is 1. The van der Waals surface area contributed by atoms with Gasteiger partial charge in [0.15, 0.2) is 0 Å². The summed E-state index contributed by atoms with van der Waals surface area (Å²) in [5, 5.41) is 23.3. The molecule has 0 bridgehead atoms. The third-order valence-electron chi connectivity index (χ3n) is 3.92. The van der Waals surface area contributed by atoms with Crippen LogP contribution in [0.25, 0.3) is 16.5 Å². The van der Waals surface area contributed by atoms with Gasteiger partial charge in [-0.05, 0) is 48.9 Å². The molecule has 7 heteroatoms. The molecule has 0 aliphatic rings. The molecule has 0 atom stereocenters. The van der Waals surface area contributed by atoms with Gasteiger partial charge in [-0.25, -0.2) is 0 Å². The zero-order valence-electron chi connectivity index (χ0n) is 14.9. The lowest BCUT2D eigenvalue weighted by molar-refractivity contribution is -0.384. The van der Waals surface area contributed by atoms with Crippen LogP contribution in [0.1, 0.15) is 10.4 Å². The van der Waals surface area contributed by atoms with Gasteiger partial charge in [0.1, 0.15) is 11.6 Å². The van der Waals surface area contributed by atoms with Crippen LogP contribution in [0.3, 0.4) is 0 Å². The van der Waals surface area contributed by atoms with Crippen LogP contribution in [-0.2, 0) is 4.79 Å². The van der Waals surface area contributed by atoms with Gasteiger partial charge in [-0.3, -0.25) is 14.9 Å². The van der Waals surface area contributed by atoms with Gasteiger partial charge in [-0.15, -0.1) is 11.3 Å². The minimum absolute atomic E-state index is 0.0116. The number of nitro benzene ring substituents is 1. The summed E-state index contributed by atoms with van der Waals surface area (Å²) >= 11 is 1.28. The van der Waals surface area contributed by atoms with E-state index in [2.05, 4.69) is 5.32 Å². The van der Waals surface area contributed by atoms with Gasteiger partial charge >= 0.3 is 0 Å². The standard InChI is InChI=1S/C21H15N3O3S/c1-14-5-4-6-16(11-14)23-21(25)15(13-22)12-17-9-10-20(28-17)18-7-2-3-8-19(18)24(26)27/h2-12H,1H3,(H,23,25)/b15-12+. The van der Waals surface area contributed by atoms with Crippen molar-refractivity contribution in [3.63, 3.8) is 0 Å². The number of amides is 1. The zero-order chi connectivity index (χ0) is 20.1. The van der Waals surface area contributed by atoms with E-state index in [0.717, 1.165) is 5.56 Å². The van der Waals surface area contributed by atoms with E-state index in [9.17, 15) is 20.2 Å². The van der Waals surface area contributed by atoms with Crippen molar-refractivity contribution >= 4 is 34.7 Å². The molecule has 1 N–H and O–H groups in total. The van der Waals surface area contributed by atoms with Crippen molar-refractivity contribution in [2.24, 2.45) is 0 Å². The number of benzene rings is 2. The Labute approximate surface area is 165 Å². The molecule has 0 unspecified atom stereocenters. The highest BCUT2D eigenvalue weighted by Gasteiger charge is 2.16. The number of thiophene rings is 1. The quantitative estimate of drug-likeness (QED) is 0.281. The molecule has 1 heterocycles. The molecule has 138 valence electrons. The highest BCUT2D eigenvalue weighted by atomic mass is 32.1. The number of carbonyl (C=O) groups excluding carboxylic acids is 1. The first-order valence-corrected chi connectivity index (χ1v) is 9.13. The number of nitrogens with zero attached hydrogens (tertiary/aromatic N) is 2. The molecule has 0 radical (unpaired) electrons. The van der Waals surface area contributed by atoms with Gasteiger partial charge in [0.2, 0.25) is 0 Å². The predicted molar refractivity (Wildman–Crippen MR) is 110 cm³/mol. The largest absolute Gasteiger partial charge is 0.321 e. The van der Waals surface area contributed by atoms with Crippen LogP contribution >= 0.6 is 11.3 Å². The van der Waals surface area contributed by atoms with Crippen molar-refractivity contribution in [2.75, 3.05) is 5.32 Å². The van der Waals surface area contributed by atoms with E-state index < -0.39 is 10.8 Å². The molecule has 0 aliphatic heterocycles. The minimum atomic E-state index is -0.506. The highest BCUT2D eigenvalue weighted by Crippen LogP contribution is 2.35. The number of nitro groups is 1. The molecule has 1 amide bonds. The Morgan fingerprint density at radius 2 is 1.96 bits per heavy atom. The van der Waals surface area contributed by atoms with E-state index in [1.165, 1.54) is 23.5 Å². The smallest absolute Gasteiger partial charge is 0.278 e. The molecule has 0 aliphatic carbocycles. The Hall–Kier alpha value is -3.76. The number of aryl methyl sites for hydroxylation is 1. The highest BCUT2D eigenvalue weighted by molar-refractivity contribution is 7.16. The van der Waals surface area contributed by atoms with E-state index >= 15 is 0 Å². The maximum absolute atomic E-state index is 12.4. The predicted octanol–water partition coefficient (Wildman–Crippen LogP) is 5.18. The van der Waals surface area contributed by atoms with Crippen LogP contribution in [-0.4, -0.2) is 10.8 Å². The molecule has 0 spiro atoms. The monoisotopic (exact) mass is 389 g/mol. The van der Waals surface area contributed by atoms with Gasteiger partial charge in [-0.2, -0.15) is 5.26 Å². The number of nitrogens with one attached hydrogen (secondary N) is 1. The molecule has 0 saturated carbocycles. The van der Waals surface area contributed by atoms with Crippen LogP contribution in [0.5, 0.6) is 0 Å². The minimum Gasteiger partial charge on any atom is -0.321 e. The van der Waals surface area contributed by atoms with Gasteiger partial charge < -0.3 is 5.32 Å². The van der Waals surface area contributed by atoms with Crippen LogP contribution in [0, 0.1) is 28.4 Å². The van der Waals surface area contributed by atoms with E-state index in [0.29, 0.717) is 21.0 Å². The van der Waals surface area contributed by atoms with Crippen molar-refractivity contribution in [1.29, 1.82) is 5.26 Å². The molecular weight excluding hydrogens is 374 g/mol. The van der Waals surface area contributed by atoms with Crippen LogP contribution in [0.4, 0.5) is 11.4 Å². The first-order valence-electron chi connectivity index (χ1n) is 8.31. The van der Waals surface area contributed by atoms with Gasteiger partial charge in [0.25, 0.3) is 11.6 Å². The average Bonchev–Trinajstić information content (AvgIpc) is 3.14. The molecule has 28 heavy (non-hydrogen) atoms. The van der Waals surface area contributed by atoms with E-state index in [4.69, 9.17) is 0 Å². The van der Waals surface area contributed by atoms with Crippen LogP contribution in [0.2, 0.25) is 0 Å². The van der Waals surface area contributed by atoms with Crippen molar-refractivity contribution in [3.05, 3.63) is 86.8 Å². The number of para-hydroxylation sites is 1. The van der Waals surface area contributed by atoms with E-state index in [1.807, 2.05) is 31.2 Å². The molecule has 6 nitrogen and oxygen atoms in total. The Balaban J connectivity index is 1.86. The summed E-state index contributed by atoms with van der Waals surface area (Å²) in [4.78, 5) is 24.5. The Morgan fingerprint density at radius 3 is 2.68 bits per heavy atom. The number of nitriles is 1. The maximum Gasteiger partial charge on any atom is 0.278 e. The normalized spacial score (nSPS) is 10.9. The topological polar surface area (TPSA) is 96.0 Å². The molecule has 0 fully saturated rings. The molecular formula is C21H15N3O3S. The third-order valence-corrected chi connectivity index (χ3v) is 4.99. The van der Waals surface area contributed by atoms with Gasteiger partial charge in [-0.1, -0.05) is 24.3 Å². The van der Waals surface area contributed by atoms with E-state index in [1.54, 1.807) is 36.4 Å². The summed E-state index contributed by atoms with van der Waals surface area (Å²) in [6, 6.07) is 19.1. The Kier molecular flexibility index (Phi) is 5.63. The second-order valence-electron chi connectivity index (χ2n) is 5.97. The average molecular weight is 389 g/mol. The Bertz CT molecular complexity index is 1130. The molecule has 2 aromatic carbocycles. The Morgan fingerprint density at radius 1 is 1.18 bits per heavy atom. The second-order valence-corrected chi connectivity index (χ2v) is 7.09. The third kappa shape index (κ3) is 4.31. The molecule has 1 aromatic heterocycles. The summed E-state index contributed by atoms with van der Waals surface area (Å²) in [7, 11) is 0. The molecule has 0 saturated heterocycles. The second kappa shape index (κ2) is 8.29. The lowest BCUT2D eigenvalue weighted by atomic mass is 10.1. The van der Waals surface area contributed by atoms with Gasteiger partial charge in [0, 0.05) is 21.5 Å². The lowest BCUT2D eigenvalue weighted by Crippen LogP contribution is -2.13. The van der Waals surface area contributed by atoms with Crippen molar-refractivity contribution in [1.82, 2.24) is 0 Å². The van der Waals surface area contributed by atoms with Crippen molar-refractivity contribution in [3.8, 4) is 16.5 Å². The first-order chi connectivity index (χ1) is 13.5. The lowest BCUT2D eigenvalue weighted by Gasteiger charge is -2.04. The SMILES string of the molecule is Cc1cccc(NC(=O)/C(C#N)=C/c2ccc(-c3ccccc3[N+](=O)[O-])s2)c1. The van der Waals surface area contributed by atoms with Crippen molar-refractivity contribution in [2.45, 2.75) is 6.92 Å². The number of hydrogen-bond acceptors (Lipinski definition) is 5. The van der Waals surface area contributed by atoms with Crippen LogP contribution in [0.15, 0.2) is 66.2 Å². The summed E-state index contributed by atoms with van der Waals surface area (Å²) in [6.45, 7) is 1.91. The maximum atomic E-state index is 12.4. The van der Waals surface area contributed by atoms with Crippen LogP contribution < -0.4 is 5.32 Å². The van der Waals surface area contributed by atoms with Crippen molar-refractivity contribution < 1.29 is 9.72 Å². The fraction of sp³-hybridized carbons (Fsp3) is 0.0476. The number of anilines is 1. The summed E-state index contributed by atoms with van der Waals surface area (Å²) in [6.07, 6.45) is 1.48. The fourth-order valence-corrected chi connectivity index (χ4v) is 3.61. The first kappa shape index (κ1) is 19.0. The molecule has 3 aromatic rings. The number of carbonyl (C=O) groups is 1. The summed E-state index contributed by atoms with van der Waals surface area (Å²) < 4.78 is 0. The van der Waals surface area contributed by atoms with Gasteiger partial charge in [0.05, 0.1) is 10.5 Å². The number of rotatable bonds is 5. The zero-order valence-corrected chi connectivity index (χ0v) is 15.7. The summed E-state index contributed by atoms with van der Waals surface area (Å²) in [5.74, 6) is -0.506.